The molecule has 0 amide bonds. The van der Waals surface area contributed by atoms with Gasteiger partial charge in [0.1, 0.15) is 5.75 Å². The van der Waals surface area contributed by atoms with Crippen LogP contribution in [0.2, 0.25) is 0 Å². The van der Waals surface area contributed by atoms with Crippen molar-refractivity contribution in [2.24, 2.45) is 4.52 Å². The lowest BCUT2D eigenvalue weighted by atomic mass is 10.0. The third-order valence-corrected chi connectivity index (χ3v) is 3.54. The normalized spacial score (nSPS) is 17.1. The van der Waals surface area contributed by atoms with E-state index in [1.807, 2.05) is 6.07 Å². The number of carbonyl (C=O) groups excluding carboxylic acids is 1. The van der Waals surface area contributed by atoms with Crippen LogP contribution < -0.4 is 4.74 Å². The van der Waals surface area contributed by atoms with Crippen LogP contribution in [-0.2, 0) is 4.74 Å². The number of carbonyl (C=O) groups is 1. The molecule has 1 aliphatic rings. The third kappa shape index (κ3) is 2.52. The van der Waals surface area contributed by atoms with Gasteiger partial charge < -0.3 is 9.47 Å². The number of benzene rings is 1. The van der Waals surface area contributed by atoms with Gasteiger partial charge in [0.05, 0.1) is 19.3 Å². The Labute approximate surface area is 108 Å². The topological polar surface area (TPSA) is 84.3 Å². The van der Waals surface area contributed by atoms with Crippen LogP contribution in [0.1, 0.15) is 27.6 Å². The van der Waals surface area contributed by atoms with E-state index in [-0.39, 0.29) is 5.25 Å². The highest BCUT2D eigenvalue weighted by Crippen LogP contribution is 2.41. The zero-order valence-corrected chi connectivity index (χ0v) is 10.5. The van der Waals surface area contributed by atoms with Crippen LogP contribution in [0.4, 0.5) is 0 Å². The lowest BCUT2D eigenvalue weighted by Gasteiger charge is -2.24. The Kier molecular flexibility index (Phi) is 3.96. The van der Waals surface area contributed by atoms with Gasteiger partial charge in [0.15, 0.2) is 0 Å². The van der Waals surface area contributed by atoms with Crippen LogP contribution in [0.15, 0.2) is 22.7 Å². The van der Waals surface area contributed by atoms with Crippen molar-refractivity contribution in [3.8, 4) is 5.75 Å². The summed E-state index contributed by atoms with van der Waals surface area (Å²) in [7, 11) is 1.34. The molecule has 1 heterocycles. The monoisotopic (exact) mass is 265 g/mol. The second kappa shape index (κ2) is 5.66. The van der Waals surface area contributed by atoms with Gasteiger partial charge in [-0.2, -0.15) is 0 Å². The molecule has 1 aromatic carbocycles. The predicted molar refractivity (Wildman–Crippen MR) is 67.4 cm³/mol. The molecule has 1 aliphatic heterocycles. The van der Waals surface area contributed by atoms with E-state index in [9.17, 15) is 4.79 Å². The molecule has 0 N–H and O–H groups in total. The first kappa shape index (κ1) is 12.6. The van der Waals surface area contributed by atoms with E-state index in [1.165, 1.54) is 19.1 Å². The van der Waals surface area contributed by atoms with Crippen LogP contribution in [0.25, 0.3) is 10.4 Å². The van der Waals surface area contributed by atoms with Crippen molar-refractivity contribution in [2.45, 2.75) is 11.7 Å². The lowest BCUT2D eigenvalue weighted by Crippen LogP contribution is -2.13. The number of ether oxygens (including phenoxy) is 2. The quantitative estimate of drug-likeness (QED) is 0.276. The summed E-state index contributed by atoms with van der Waals surface area (Å²) in [5, 5.41) is 0.0661. The standard InChI is InChI=1S/C11H11N3O3S/c1-16-11(15)7-2-3-8-9(6-7)17-5-4-10(8)18-14-13-12/h2-3,6,10H,4-5H2,1H3/t10-/m1/s1. The molecule has 0 fully saturated rings. The van der Waals surface area contributed by atoms with Crippen molar-refractivity contribution in [3.05, 3.63) is 39.8 Å². The largest absolute Gasteiger partial charge is 0.493 e. The summed E-state index contributed by atoms with van der Waals surface area (Å²) in [5.41, 5.74) is 9.72. The highest BCUT2D eigenvalue weighted by molar-refractivity contribution is 7.98. The summed E-state index contributed by atoms with van der Waals surface area (Å²) in [4.78, 5) is 14.1. The molecule has 18 heavy (non-hydrogen) atoms. The van der Waals surface area contributed by atoms with Gasteiger partial charge in [-0.3, -0.25) is 0 Å². The first-order valence-corrected chi connectivity index (χ1v) is 6.15. The van der Waals surface area contributed by atoms with Crippen molar-refractivity contribution >= 4 is 17.9 Å². The van der Waals surface area contributed by atoms with Crippen LogP contribution in [0.5, 0.6) is 5.75 Å². The van der Waals surface area contributed by atoms with Crippen molar-refractivity contribution < 1.29 is 14.3 Å². The molecule has 0 unspecified atom stereocenters. The van der Waals surface area contributed by atoms with Gasteiger partial charge in [-0.1, -0.05) is 18.0 Å². The van der Waals surface area contributed by atoms with E-state index in [0.29, 0.717) is 17.9 Å². The maximum absolute atomic E-state index is 11.4. The Balaban J connectivity index is 2.30. The Bertz CT molecular complexity index is 514. The molecule has 0 bridgehead atoms. The average molecular weight is 265 g/mol. The van der Waals surface area contributed by atoms with Gasteiger partial charge in [0, 0.05) is 15.7 Å². The van der Waals surface area contributed by atoms with Crippen LogP contribution in [-0.4, -0.2) is 19.7 Å². The predicted octanol–water partition coefficient (Wildman–Crippen LogP) is 3.26. The van der Waals surface area contributed by atoms with E-state index in [4.69, 9.17) is 10.3 Å². The third-order valence-electron chi connectivity index (χ3n) is 2.63. The fourth-order valence-electron chi connectivity index (χ4n) is 1.79. The number of methoxy groups -OCH3 is 1. The number of rotatable bonds is 3. The van der Waals surface area contributed by atoms with Crippen molar-refractivity contribution in [3.63, 3.8) is 0 Å². The second-order valence-electron chi connectivity index (χ2n) is 3.65. The van der Waals surface area contributed by atoms with Crippen LogP contribution >= 0.6 is 11.9 Å². The minimum atomic E-state index is -0.397. The number of hydrogen-bond acceptors (Lipinski definition) is 5. The summed E-state index contributed by atoms with van der Waals surface area (Å²) >= 11 is 1.17. The van der Waals surface area contributed by atoms with E-state index in [2.05, 4.69) is 14.2 Å². The fraction of sp³-hybridized carbons (Fsp3) is 0.364. The van der Waals surface area contributed by atoms with Crippen LogP contribution in [0.3, 0.4) is 0 Å². The molecule has 0 spiro atoms. The van der Waals surface area contributed by atoms with E-state index >= 15 is 0 Å². The lowest BCUT2D eigenvalue weighted by molar-refractivity contribution is 0.0600. The first-order chi connectivity index (χ1) is 8.76. The van der Waals surface area contributed by atoms with Crippen molar-refractivity contribution in [1.82, 2.24) is 0 Å². The number of esters is 1. The number of hydrogen-bond donors (Lipinski definition) is 0. The Hall–Kier alpha value is -1.85. The minimum Gasteiger partial charge on any atom is -0.493 e. The molecule has 0 aliphatic carbocycles. The Morgan fingerprint density at radius 3 is 3.22 bits per heavy atom. The summed E-state index contributed by atoms with van der Waals surface area (Å²) in [5.74, 6) is 0.251. The molecule has 7 heteroatoms. The highest BCUT2D eigenvalue weighted by Gasteiger charge is 2.22. The molecule has 2 rings (SSSR count). The van der Waals surface area contributed by atoms with E-state index in [0.717, 1.165) is 12.0 Å². The molecule has 0 saturated heterocycles. The highest BCUT2D eigenvalue weighted by atomic mass is 32.2. The summed E-state index contributed by atoms with van der Waals surface area (Å²) < 4.78 is 13.7. The fourth-order valence-corrected chi connectivity index (χ4v) is 2.45. The number of azide groups is 1. The zero-order valence-electron chi connectivity index (χ0n) is 9.70. The van der Waals surface area contributed by atoms with Gasteiger partial charge in [0.2, 0.25) is 0 Å². The summed E-state index contributed by atoms with van der Waals surface area (Å²) in [6.07, 6.45) is 0.772. The van der Waals surface area contributed by atoms with E-state index < -0.39 is 5.97 Å². The molecule has 0 aromatic heterocycles. The van der Waals surface area contributed by atoms with Gasteiger partial charge >= 0.3 is 5.97 Å². The molecule has 0 saturated carbocycles. The molecule has 6 nitrogen and oxygen atoms in total. The SMILES string of the molecule is COC(=O)c1ccc2c(c1)OCC[C@H]2SN=[N+]=[N-]. The summed E-state index contributed by atoms with van der Waals surface area (Å²) in [6.45, 7) is 0.538. The van der Waals surface area contributed by atoms with Crippen molar-refractivity contribution in [2.75, 3.05) is 13.7 Å². The van der Waals surface area contributed by atoms with Gasteiger partial charge in [-0.15, -0.1) is 0 Å². The first-order valence-electron chi connectivity index (χ1n) is 5.31. The Morgan fingerprint density at radius 1 is 1.67 bits per heavy atom. The van der Waals surface area contributed by atoms with Gasteiger partial charge in [-0.25, -0.2) is 4.79 Å². The number of fused-ring (bicyclic) bond motifs is 1. The molecule has 0 radical (unpaired) electrons. The molecular weight excluding hydrogens is 254 g/mol. The molecular formula is C11H11N3O3S. The maximum Gasteiger partial charge on any atom is 0.337 e. The number of nitrogens with zero attached hydrogens (tertiary/aromatic N) is 3. The average Bonchev–Trinajstić information content (AvgIpc) is 2.43. The molecule has 1 atom stereocenters. The minimum absolute atomic E-state index is 0.0661. The Morgan fingerprint density at radius 2 is 2.50 bits per heavy atom. The maximum atomic E-state index is 11.4. The second-order valence-corrected chi connectivity index (χ2v) is 4.59. The zero-order chi connectivity index (χ0) is 13.0. The summed E-state index contributed by atoms with van der Waals surface area (Å²) in [6, 6.07) is 5.15. The van der Waals surface area contributed by atoms with Crippen molar-refractivity contribution in [1.29, 1.82) is 0 Å². The van der Waals surface area contributed by atoms with Gasteiger partial charge in [0.25, 0.3) is 0 Å². The molecule has 94 valence electrons. The molecule has 1 aromatic rings. The van der Waals surface area contributed by atoms with E-state index in [1.54, 1.807) is 12.1 Å². The van der Waals surface area contributed by atoms with Gasteiger partial charge in [-0.05, 0) is 28.6 Å². The smallest absolute Gasteiger partial charge is 0.337 e. The van der Waals surface area contributed by atoms with Crippen LogP contribution in [0, 0.1) is 0 Å².